The van der Waals surface area contributed by atoms with E-state index >= 15 is 0 Å². The lowest BCUT2D eigenvalue weighted by atomic mass is 9.88. The summed E-state index contributed by atoms with van der Waals surface area (Å²) in [4.78, 5) is 0. The number of anilines is 1. The third-order valence-corrected chi connectivity index (χ3v) is 5.07. The van der Waals surface area contributed by atoms with E-state index in [1.165, 1.54) is 6.42 Å². The second-order valence-electron chi connectivity index (χ2n) is 5.54. The molecule has 1 saturated carbocycles. The van der Waals surface area contributed by atoms with E-state index in [2.05, 4.69) is 11.6 Å². The van der Waals surface area contributed by atoms with Crippen LogP contribution in [0.3, 0.4) is 0 Å². The average molecular weight is 282 g/mol. The number of hydrogen-bond donors (Lipinski definition) is 2. The Hall–Kier alpha value is -1.07. The molecule has 0 saturated heterocycles. The van der Waals surface area contributed by atoms with Crippen LogP contribution in [0.2, 0.25) is 0 Å². The minimum Gasteiger partial charge on any atom is -0.398 e. The van der Waals surface area contributed by atoms with Crippen LogP contribution in [-0.2, 0) is 15.8 Å². The molecule has 106 valence electrons. The number of para-hydroxylation sites is 1. The molecule has 5 heteroatoms. The fourth-order valence-corrected chi connectivity index (χ4v) is 4.18. The summed E-state index contributed by atoms with van der Waals surface area (Å²) in [6.45, 7) is 2.18. The van der Waals surface area contributed by atoms with Crippen molar-refractivity contribution in [2.75, 3.05) is 5.73 Å². The maximum atomic E-state index is 12.2. The van der Waals surface area contributed by atoms with Gasteiger partial charge in [-0.05, 0) is 30.4 Å². The standard InChI is InChI=1S/C14H22N2O2S/c1-11-5-4-7-13(9-11)16-19(17,18)10-12-6-2-3-8-14(12)15/h2-3,6,8,11,13,16H,4-5,7,9-10,15H2,1H3. The summed E-state index contributed by atoms with van der Waals surface area (Å²) in [5.74, 6) is 0.563. The van der Waals surface area contributed by atoms with Crippen LogP contribution >= 0.6 is 0 Å². The van der Waals surface area contributed by atoms with Crippen molar-refractivity contribution >= 4 is 15.7 Å². The van der Waals surface area contributed by atoms with E-state index in [0.717, 1.165) is 19.3 Å². The Labute approximate surface area is 115 Å². The lowest BCUT2D eigenvalue weighted by molar-refractivity contribution is 0.327. The van der Waals surface area contributed by atoms with Gasteiger partial charge in [0.25, 0.3) is 0 Å². The lowest BCUT2D eigenvalue weighted by Crippen LogP contribution is -2.38. The van der Waals surface area contributed by atoms with Gasteiger partial charge in [0.15, 0.2) is 0 Å². The van der Waals surface area contributed by atoms with Crippen LogP contribution in [0.5, 0.6) is 0 Å². The van der Waals surface area contributed by atoms with Gasteiger partial charge in [0, 0.05) is 11.7 Å². The molecule has 19 heavy (non-hydrogen) atoms. The summed E-state index contributed by atoms with van der Waals surface area (Å²) in [5, 5.41) is 0. The fourth-order valence-electron chi connectivity index (χ4n) is 2.71. The number of hydrogen-bond acceptors (Lipinski definition) is 3. The van der Waals surface area contributed by atoms with Crippen molar-refractivity contribution in [3.05, 3.63) is 29.8 Å². The van der Waals surface area contributed by atoms with Crippen molar-refractivity contribution in [2.45, 2.75) is 44.4 Å². The first kappa shape index (κ1) is 14.3. The van der Waals surface area contributed by atoms with Crippen LogP contribution in [0.15, 0.2) is 24.3 Å². The predicted molar refractivity (Wildman–Crippen MR) is 78.0 cm³/mol. The van der Waals surface area contributed by atoms with Gasteiger partial charge in [0.05, 0.1) is 5.75 Å². The van der Waals surface area contributed by atoms with Gasteiger partial charge in [-0.1, -0.05) is 38.0 Å². The van der Waals surface area contributed by atoms with E-state index in [1.807, 2.05) is 12.1 Å². The number of rotatable bonds is 4. The van der Waals surface area contributed by atoms with Gasteiger partial charge in [0.1, 0.15) is 0 Å². The maximum absolute atomic E-state index is 12.2. The molecule has 1 aromatic carbocycles. The van der Waals surface area contributed by atoms with Gasteiger partial charge in [-0.3, -0.25) is 0 Å². The van der Waals surface area contributed by atoms with E-state index in [9.17, 15) is 8.42 Å². The van der Waals surface area contributed by atoms with Gasteiger partial charge in [-0.15, -0.1) is 0 Å². The number of nitrogen functional groups attached to an aromatic ring is 1. The normalized spacial score (nSPS) is 24.3. The fraction of sp³-hybridized carbons (Fsp3) is 0.571. The van der Waals surface area contributed by atoms with Gasteiger partial charge in [-0.25, -0.2) is 13.1 Å². The molecule has 4 nitrogen and oxygen atoms in total. The SMILES string of the molecule is CC1CCCC(NS(=O)(=O)Cc2ccccc2N)C1. The quantitative estimate of drug-likeness (QED) is 0.832. The Bertz CT molecular complexity index is 528. The zero-order chi connectivity index (χ0) is 13.9. The summed E-state index contributed by atoms with van der Waals surface area (Å²) < 4.78 is 27.1. The second kappa shape index (κ2) is 5.92. The lowest BCUT2D eigenvalue weighted by Gasteiger charge is -2.27. The molecular weight excluding hydrogens is 260 g/mol. The second-order valence-corrected chi connectivity index (χ2v) is 7.30. The molecule has 2 rings (SSSR count). The van der Waals surface area contributed by atoms with Crippen LogP contribution in [0.25, 0.3) is 0 Å². The molecule has 0 heterocycles. The largest absolute Gasteiger partial charge is 0.398 e. The molecule has 1 fully saturated rings. The molecule has 0 bridgehead atoms. The smallest absolute Gasteiger partial charge is 0.216 e. The molecule has 2 unspecified atom stereocenters. The molecule has 1 aliphatic carbocycles. The minimum atomic E-state index is -3.31. The van der Waals surface area contributed by atoms with Crippen molar-refractivity contribution in [3.63, 3.8) is 0 Å². The summed E-state index contributed by atoms with van der Waals surface area (Å²) >= 11 is 0. The van der Waals surface area contributed by atoms with Gasteiger partial charge in [-0.2, -0.15) is 0 Å². The van der Waals surface area contributed by atoms with Crippen LogP contribution in [0.4, 0.5) is 5.69 Å². The van der Waals surface area contributed by atoms with E-state index in [0.29, 0.717) is 17.2 Å². The minimum absolute atomic E-state index is 0.0371. The Morgan fingerprint density at radius 1 is 1.32 bits per heavy atom. The average Bonchev–Trinajstić information content (AvgIpc) is 2.31. The Kier molecular flexibility index (Phi) is 4.47. The van der Waals surface area contributed by atoms with Crippen molar-refractivity contribution in [3.8, 4) is 0 Å². The van der Waals surface area contributed by atoms with Gasteiger partial charge in [0.2, 0.25) is 10.0 Å². The van der Waals surface area contributed by atoms with E-state index < -0.39 is 10.0 Å². The Morgan fingerprint density at radius 2 is 2.05 bits per heavy atom. The number of nitrogens with two attached hydrogens (primary N) is 1. The monoisotopic (exact) mass is 282 g/mol. The van der Waals surface area contributed by atoms with Crippen LogP contribution < -0.4 is 10.5 Å². The van der Waals surface area contributed by atoms with Crippen LogP contribution in [0.1, 0.15) is 38.2 Å². The molecule has 0 spiro atoms. The van der Waals surface area contributed by atoms with E-state index in [-0.39, 0.29) is 11.8 Å². The Morgan fingerprint density at radius 3 is 2.74 bits per heavy atom. The van der Waals surface area contributed by atoms with Crippen molar-refractivity contribution in [1.82, 2.24) is 4.72 Å². The molecular formula is C14H22N2O2S. The summed E-state index contributed by atoms with van der Waals surface area (Å²) in [5.41, 5.74) is 6.99. The Balaban J connectivity index is 2.01. The first-order valence-corrected chi connectivity index (χ1v) is 8.45. The van der Waals surface area contributed by atoms with E-state index in [4.69, 9.17) is 5.73 Å². The van der Waals surface area contributed by atoms with Crippen LogP contribution in [-0.4, -0.2) is 14.5 Å². The highest BCUT2D eigenvalue weighted by molar-refractivity contribution is 7.88. The molecule has 1 aromatic rings. The molecule has 3 N–H and O–H groups in total. The summed E-state index contributed by atoms with van der Waals surface area (Å²) in [7, 11) is -3.31. The number of benzene rings is 1. The summed E-state index contributed by atoms with van der Waals surface area (Å²) in [6, 6.07) is 7.19. The number of sulfonamides is 1. The van der Waals surface area contributed by atoms with Gasteiger partial charge < -0.3 is 5.73 Å². The zero-order valence-electron chi connectivity index (χ0n) is 11.3. The van der Waals surface area contributed by atoms with Crippen LogP contribution in [0, 0.1) is 5.92 Å². The van der Waals surface area contributed by atoms with Crippen molar-refractivity contribution in [1.29, 1.82) is 0 Å². The predicted octanol–water partition coefficient (Wildman–Crippen LogP) is 2.27. The molecule has 0 aliphatic heterocycles. The van der Waals surface area contributed by atoms with Crippen molar-refractivity contribution < 1.29 is 8.42 Å². The summed E-state index contributed by atoms with van der Waals surface area (Å²) in [6.07, 6.45) is 4.17. The molecule has 1 aliphatic rings. The highest BCUT2D eigenvalue weighted by atomic mass is 32.2. The topological polar surface area (TPSA) is 72.2 Å². The third-order valence-electron chi connectivity index (χ3n) is 3.68. The third kappa shape index (κ3) is 4.21. The highest BCUT2D eigenvalue weighted by Crippen LogP contribution is 2.24. The molecule has 2 atom stereocenters. The van der Waals surface area contributed by atoms with Gasteiger partial charge >= 0.3 is 0 Å². The van der Waals surface area contributed by atoms with Crippen molar-refractivity contribution in [2.24, 2.45) is 5.92 Å². The maximum Gasteiger partial charge on any atom is 0.216 e. The first-order valence-electron chi connectivity index (χ1n) is 6.79. The first-order chi connectivity index (χ1) is 8.96. The molecule has 0 aromatic heterocycles. The molecule has 0 amide bonds. The highest BCUT2D eigenvalue weighted by Gasteiger charge is 2.23. The van der Waals surface area contributed by atoms with E-state index in [1.54, 1.807) is 12.1 Å². The zero-order valence-corrected chi connectivity index (χ0v) is 12.1. The number of nitrogens with one attached hydrogen (secondary N) is 1. The molecule has 0 radical (unpaired) electrons.